The molecule has 0 aliphatic heterocycles. The first-order valence-corrected chi connectivity index (χ1v) is 6.13. The van der Waals surface area contributed by atoms with E-state index in [1.807, 2.05) is 0 Å². The lowest BCUT2D eigenvalue weighted by molar-refractivity contribution is -0.0473. The molecule has 0 aromatic heterocycles. The molecular weight excluding hydrogens is 156 g/mol. The molecule has 2 aliphatic rings. The molecule has 2 fully saturated rings. The van der Waals surface area contributed by atoms with Gasteiger partial charge in [0.15, 0.2) is 0 Å². The van der Waals surface area contributed by atoms with Gasteiger partial charge in [0.1, 0.15) is 0 Å². The molecule has 76 valence electrons. The van der Waals surface area contributed by atoms with Crippen molar-refractivity contribution in [2.75, 3.05) is 0 Å². The Labute approximate surface area is 83.1 Å². The summed E-state index contributed by atoms with van der Waals surface area (Å²) >= 11 is 0. The first-order valence-electron chi connectivity index (χ1n) is 6.13. The van der Waals surface area contributed by atoms with Crippen LogP contribution in [0.3, 0.4) is 0 Å². The molecule has 2 rings (SSSR count). The summed E-state index contributed by atoms with van der Waals surface area (Å²) < 4.78 is 0. The highest BCUT2D eigenvalue weighted by Gasteiger charge is 2.57. The van der Waals surface area contributed by atoms with Crippen molar-refractivity contribution < 1.29 is 0 Å². The summed E-state index contributed by atoms with van der Waals surface area (Å²) in [5, 5.41) is 0. The number of hydrogen-bond donors (Lipinski definition) is 0. The minimum absolute atomic E-state index is 0.772. The summed E-state index contributed by atoms with van der Waals surface area (Å²) in [5.41, 5.74) is 0.772. The second-order valence-corrected chi connectivity index (χ2v) is 5.66. The highest BCUT2D eigenvalue weighted by atomic mass is 14.6. The first-order chi connectivity index (χ1) is 6.13. The summed E-state index contributed by atoms with van der Waals surface area (Å²) in [6.07, 6.45) is 5.94. The van der Waals surface area contributed by atoms with E-state index in [-0.39, 0.29) is 0 Å². The molecule has 0 saturated heterocycles. The smallest absolute Gasteiger partial charge is 0.0215 e. The molecule has 5 unspecified atom stereocenters. The Balaban J connectivity index is 2.21. The van der Waals surface area contributed by atoms with Gasteiger partial charge >= 0.3 is 0 Å². The first kappa shape index (κ1) is 9.55. The molecule has 0 nitrogen and oxygen atoms in total. The Morgan fingerprint density at radius 2 is 1.92 bits per heavy atom. The minimum Gasteiger partial charge on any atom is -0.0651 e. The van der Waals surface area contributed by atoms with Crippen LogP contribution in [0.2, 0.25) is 0 Å². The third kappa shape index (κ3) is 1.04. The van der Waals surface area contributed by atoms with Crippen molar-refractivity contribution in [3.8, 4) is 0 Å². The lowest BCUT2D eigenvalue weighted by Gasteiger charge is -2.54. The van der Waals surface area contributed by atoms with Crippen LogP contribution in [0, 0.1) is 29.1 Å². The van der Waals surface area contributed by atoms with Crippen molar-refractivity contribution in [3.63, 3.8) is 0 Å². The third-order valence-electron chi connectivity index (χ3n) is 5.52. The van der Waals surface area contributed by atoms with Crippen molar-refractivity contribution in [2.24, 2.45) is 29.1 Å². The molecule has 0 radical (unpaired) electrons. The van der Waals surface area contributed by atoms with Crippen molar-refractivity contribution in [2.45, 2.75) is 53.4 Å². The van der Waals surface area contributed by atoms with Crippen molar-refractivity contribution in [3.05, 3.63) is 0 Å². The summed E-state index contributed by atoms with van der Waals surface area (Å²) in [7, 11) is 0. The van der Waals surface area contributed by atoms with Gasteiger partial charge in [0.2, 0.25) is 0 Å². The maximum atomic E-state index is 2.51. The molecule has 0 amide bonds. The van der Waals surface area contributed by atoms with Crippen LogP contribution in [0.5, 0.6) is 0 Å². The molecule has 5 atom stereocenters. The average Bonchev–Trinajstić information content (AvgIpc) is 2.24. The van der Waals surface area contributed by atoms with Gasteiger partial charge in [-0.15, -0.1) is 0 Å². The van der Waals surface area contributed by atoms with E-state index in [0.29, 0.717) is 0 Å². The number of rotatable bonds is 1. The van der Waals surface area contributed by atoms with E-state index in [0.717, 1.165) is 29.1 Å². The fraction of sp³-hybridized carbons (Fsp3) is 1.00. The van der Waals surface area contributed by atoms with Gasteiger partial charge in [-0.05, 0) is 48.3 Å². The zero-order chi connectivity index (χ0) is 9.64. The van der Waals surface area contributed by atoms with Crippen LogP contribution in [0.25, 0.3) is 0 Å². The summed E-state index contributed by atoms with van der Waals surface area (Å²) in [5.74, 6) is 4.02. The molecule has 0 aromatic carbocycles. The topological polar surface area (TPSA) is 0 Å². The van der Waals surface area contributed by atoms with Crippen molar-refractivity contribution in [1.82, 2.24) is 0 Å². The Morgan fingerprint density at radius 3 is 2.23 bits per heavy atom. The van der Waals surface area contributed by atoms with Crippen LogP contribution < -0.4 is 0 Å². The monoisotopic (exact) mass is 180 g/mol. The van der Waals surface area contributed by atoms with Crippen LogP contribution in [0.4, 0.5) is 0 Å². The minimum atomic E-state index is 0.772. The lowest BCUT2D eigenvalue weighted by atomic mass is 9.51. The van der Waals surface area contributed by atoms with Crippen LogP contribution in [0.15, 0.2) is 0 Å². The van der Waals surface area contributed by atoms with Gasteiger partial charge < -0.3 is 0 Å². The van der Waals surface area contributed by atoms with Crippen LogP contribution in [-0.2, 0) is 0 Å². The predicted octanol–water partition coefficient (Wildman–Crippen LogP) is 4.10. The molecule has 0 heterocycles. The van der Waals surface area contributed by atoms with Crippen LogP contribution >= 0.6 is 0 Å². The quantitative estimate of drug-likeness (QED) is 0.570. The van der Waals surface area contributed by atoms with Gasteiger partial charge in [-0.1, -0.05) is 34.1 Å². The van der Waals surface area contributed by atoms with E-state index in [1.54, 1.807) is 0 Å². The highest BCUT2D eigenvalue weighted by Crippen LogP contribution is 2.65. The standard InChI is InChI=1S/C13H24/c1-5-12-6-7-13(12)10(3)8-9(2)11(13)4/h9-12H,5-8H2,1-4H3. The maximum absolute atomic E-state index is 2.51. The van der Waals surface area contributed by atoms with Gasteiger partial charge in [0, 0.05) is 0 Å². The Morgan fingerprint density at radius 1 is 1.23 bits per heavy atom. The third-order valence-corrected chi connectivity index (χ3v) is 5.52. The molecular formula is C13H24. The maximum Gasteiger partial charge on any atom is -0.0215 e. The molecule has 13 heavy (non-hydrogen) atoms. The van der Waals surface area contributed by atoms with Gasteiger partial charge in [-0.2, -0.15) is 0 Å². The largest absolute Gasteiger partial charge is 0.0651 e. The molecule has 1 spiro atoms. The summed E-state index contributed by atoms with van der Waals surface area (Å²) in [4.78, 5) is 0. The second-order valence-electron chi connectivity index (χ2n) is 5.66. The van der Waals surface area contributed by atoms with E-state index in [1.165, 1.54) is 25.7 Å². The summed E-state index contributed by atoms with van der Waals surface area (Å²) in [6, 6.07) is 0. The highest BCUT2D eigenvalue weighted by molar-refractivity contribution is 5.06. The Kier molecular flexibility index (Phi) is 2.20. The van der Waals surface area contributed by atoms with Gasteiger partial charge in [-0.3, -0.25) is 0 Å². The Hall–Kier alpha value is 0. The van der Waals surface area contributed by atoms with Gasteiger partial charge in [0.05, 0.1) is 0 Å². The molecule has 2 aliphatic carbocycles. The normalized spacial score (nSPS) is 55.4. The predicted molar refractivity (Wildman–Crippen MR) is 57.6 cm³/mol. The van der Waals surface area contributed by atoms with E-state index < -0.39 is 0 Å². The van der Waals surface area contributed by atoms with E-state index >= 15 is 0 Å². The Bertz CT molecular complexity index is 190. The number of hydrogen-bond acceptors (Lipinski definition) is 0. The van der Waals surface area contributed by atoms with Crippen LogP contribution in [-0.4, -0.2) is 0 Å². The van der Waals surface area contributed by atoms with Gasteiger partial charge in [0.25, 0.3) is 0 Å². The molecule has 0 bridgehead atoms. The molecule has 0 heteroatoms. The fourth-order valence-corrected chi connectivity index (χ4v) is 4.47. The van der Waals surface area contributed by atoms with Gasteiger partial charge in [-0.25, -0.2) is 0 Å². The molecule has 0 aromatic rings. The molecule has 2 saturated carbocycles. The zero-order valence-electron chi connectivity index (χ0n) is 9.64. The SMILES string of the molecule is CCC1CCC12C(C)CC(C)C2C. The molecule has 0 N–H and O–H groups in total. The van der Waals surface area contributed by atoms with Crippen molar-refractivity contribution in [1.29, 1.82) is 0 Å². The second kappa shape index (κ2) is 3.00. The fourth-order valence-electron chi connectivity index (χ4n) is 4.47. The van der Waals surface area contributed by atoms with Crippen molar-refractivity contribution >= 4 is 0 Å². The van der Waals surface area contributed by atoms with Crippen LogP contribution in [0.1, 0.15) is 53.4 Å². The average molecular weight is 180 g/mol. The van der Waals surface area contributed by atoms with E-state index in [9.17, 15) is 0 Å². The van der Waals surface area contributed by atoms with E-state index in [2.05, 4.69) is 27.7 Å². The van der Waals surface area contributed by atoms with E-state index in [4.69, 9.17) is 0 Å². The zero-order valence-corrected chi connectivity index (χ0v) is 9.64. The summed E-state index contributed by atoms with van der Waals surface area (Å²) in [6.45, 7) is 9.85. The lowest BCUT2D eigenvalue weighted by Crippen LogP contribution is -2.46.